The second-order valence-electron chi connectivity index (χ2n) is 9.07. The Morgan fingerprint density at radius 1 is 1.10 bits per heavy atom. The van der Waals surface area contributed by atoms with Gasteiger partial charge in [-0.1, -0.05) is 32.9 Å². The van der Waals surface area contributed by atoms with Crippen molar-refractivity contribution < 1.29 is 9.66 Å². The maximum Gasteiger partial charge on any atom is 0.294 e. The van der Waals surface area contributed by atoms with E-state index >= 15 is 0 Å². The van der Waals surface area contributed by atoms with E-state index in [0.29, 0.717) is 35.3 Å². The number of likely N-dealkylation sites (N-methyl/N-ethyl adjacent to an activating group) is 2. The number of aromatic nitrogens is 2. The van der Waals surface area contributed by atoms with Crippen molar-refractivity contribution in [1.82, 2.24) is 20.2 Å². The summed E-state index contributed by atoms with van der Waals surface area (Å²) in [5.74, 6) is 1.54. The summed E-state index contributed by atoms with van der Waals surface area (Å²) in [7, 11) is 3.40. The predicted molar refractivity (Wildman–Crippen MR) is 158 cm³/mol. The zero-order valence-corrected chi connectivity index (χ0v) is 23.5. The lowest BCUT2D eigenvalue weighted by molar-refractivity contribution is -0.384. The van der Waals surface area contributed by atoms with Crippen LogP contribution in [0, 0.1) is 10.1 Å². The summed E-state index contributed by atoms with van der Waals surface area (Å²) in [6.07, 6.45) is 12.4. The van der Waals surface area contributed by atoms with Crippen molar-refractivity contribution in [3.63, 3.8) is 0 Å². The topological polar surface area (TPSA) is 121 Å². The first-order valence-corrected chi connectivity index (χ1v) is 13.4. The van der Waals surface area contributed by atoms with Crippen molar-refractivity contribution in [1.29, 1.82) is 0 Å². The number of hydrogen-bond donors (Lipinski definition) is 3. The fraction of sp³-hybridized carbons (Fsp3) is 0.429. The highest BCUT2D eigenvalue weighted by molar-refractivity contribution is 5.77. The van der Waals surface area contributed by atoms with Gasteiger partial charge in [-0.3, -0.25) is 10.1 Å². The largest absolute Gasteiger partial charge is 0.494 e. The van der Waals surface area contributed by atoms with Gasteiger partial charge in [0.1, 0.15) is 29.4 Å². The summed E-state index contributed by atoms with van der Waals surface area (Å²) in [5, 5.41) is 21.9. The molecule has 0 bridgehead atoms. The molecule has 0 aliphatic heterocycles. The van der Waals surface area contributed by atoms with Crippen LogP contribution in [-0.4, -0.2) is 60.1 Å². The highest BCUT2D eigenvalue weighted by atomic mass is 16.6. The second-order valence-corrected chi connectivity index (χ2v) is 9.07. The quantitative estimate of drug-likeness (QED) is 0.201. The van der Waals surface area contributed by atoms with Gasteiger partial charge in [0, 0.05) is 44.0 Å². The van der Waals surface area contributed by atoms with Crippen molar-refractivity contribution in [2.24, 2.45) is 0 Å². The molecule has 1 aliphatic rings. The second kappa shape index (κ2) is 14.7. The summed E-state index contributed by atoms with van der Waals surface area (Å²) in [6, 6.07) is 4.94. The Morgan fingerprint density at radius 2 is 1.85 bits per heavy atom. The molecule has 1 aromatic heterocycles. The molecule has 0 unspecified atom stereocenters. The van der Waals surface area contributed by atoms with Crippen LogP contribution in [0.4, 0.5) is 28.7 Å². The van der Waals surface area contributed by atoms with Crippen molar-refractivity contribution >= 4 is 28.7 Å². The van der Waals surface area contributed by atoms with Gasteiger partial charge in [-0.15, -0.1) is 0 Å². The van der Waals surface area contributed by atoms with E-state index in [0.717, 1.165) is 50.3 Å². The van der Waals surface area contributed by atoms with Crippen LogP contribution in [0.15, 0.2) is 60.3 Å². The molecule has 0 amide bonds. The summed E-state index contributed by atoms with van der Waals surface area (Å²) >= 11 is 0. The number of ether oxygens (including phenoxy) is 1. The number of nitro benzene ring substituents is 1. The van der Waals surface area contributed by atoms with Crippen LogP contribution in [0.1, 0.15) is 40.0 Å². The minimum absolute atomic E-state index is 0.0129. The number of anilines is 4. The third-order valence-electron chi connectivity index (χ3n) is 6.52. The highest BCUT2D eigenvalue weighted by Gasteiger charge is 2.22. The Bertz CT molecular complexity index is 1210. The van der Waals surface area contributed by atoms with E-state index in [1.54, 1.807) is 19.2 Å². The van der Waals surface area contributed by atoms with Gasteiger partial charge in [0.2, 0.25) is 0 Å². The molecule has 11 heteroatoms. The van der Waals surface area contributed by atoms with Gasteiger partial charge >= 0.3 is 0 Å². The predicted octanol–water partition coefficient (Wildman–Crippen LogP) is 5.40. The molecule has 0 fully saturated rings. The molecule has 3 N–H and O–H groups in total. The van der Waals surface area contributed by atoms with Crippen LogP contribution >= 0.6 is 0 Å². The third-order valence-corrected chi connectivity index (χ3v) is 6.52. The van der Waals surface area contributed by atoms with E-state index in [4.69, 9.17) is 4.74 Å². The van der Waals surface area contributed by atoms with Gasteiger partial charge in [0.25, 0.3) is 5.69 Å². The molecule has 1 heterocycles. The number of rotatable bonds is 15. The van der Waals surface area contributed by atoms with Crippen molar-refractivity contribution in [3.05, 3.63) is 70.5 Å². The van der Waals surface area contributed by atoms with Gasteiger partial charge in [0.15, 0.2) is 0 Å². The van der Waals surface area contributed by atoms with E-state index in [1.165, 1.54) is 12.4 Å². The van der Waals surface area contributed by atoms with E-state index in [1.807, 2.05) is 24.2 Å². The first-order valence-electron chi connectivity index (χ1n) is 13.4. The molecule has 1 aromatic carbocycles. The fourth-order valence-electron chi connectivity index (χ4n) is 4.21. The van der Waals surface area contributed by atoms with Crippen LogP contribution < -0.4 is 25.6 Å². The van der Waals surface area contributed by atoms with Gasteiger partial charge < -0.3 is 30.5 Å². The van der Waals surface area contributed by atoms with Crippen LogP contribution in [-0.2, 0) is 0 Å². The Morgan fingerprint density at radius 3 is 2.51 bits per heavy atom. The zero-order chi connectivity index (χ0) is 28.2. The number of hydrogen-bond acceptors (Lipinski definition) is 10. The van der Waals surface area contributed by atoms with E-state index < -0.39 is 0 Å². The normalized spacial score (nSPS) is 13.2. The summed E-state index contributed by atoms with van der Waals surface area (Å²) in [6.45, 7) is 9.60. The smallest absolute Gasteiger partial charge is 0.294 e. The minimum Gasteiger partial charge on any atom is -0.494 e. The summed E-state index contributed by atoms with van der Waals surface area (Å²) in [4.78, 5) is 24.5. The molecular formula is C28H40N8O3. The molecule has 0 radical (unpaired) electrons. The number of nitrogens with one attached hydrogen (secondary N) is 3. The maximum absolute atomic E-state index is 12.0. The maximum atomic E-state index is 12.0. The molecule has 3 rings (SSSR count). The Balaban J connectivity index is 1.84. The number of methoxy groups -OCH3 is 1. The van der Waals surface area contributed by atoms with E-state index in [-0.39, 0.29) is 10.6 Å². The van der Waals surface area contributed by atoms with Gasteiger partial charge in [-0.25, -0.2) is 9.97 Å². The lowest BCUT2D eigenvalue weighted by Gasteiger charge is -2.25. The first kappa shape index (κ1) is 29.4. The number of nitrogens with zero attached hydrogens (tertiary/aromatic N) is 5. The molecule has 11 nitrogen and oxygen atoms in total. The molecule has 0 atom stereocenters. The summed E-state index contributed by atoms with van der Waals surface area (Å²) < 4.78 is 5.61. The van der Waals surface area contributed by atoms with Crippen LogP contribution in [0.5, 0.6) is 5.75 Å². The van der Waals surface area contributed by atoms with Crippen molar-refractivity contribution in [3.8, 4) is 5.75 Å². The van der Waals surface area contributed by atoms with Gasteiger partial charge in [-0.2, -0.15) is 0 Å². The van der Waals surface area contributed by atoms with E-state index in [2.05, 4.69) is 63.7 Å². The monoisotopic (exact) mass is 536 g/mol. The van der Waals surface area contributed by atoms with Crippen molar-refractivity contribution in [2.45, 2.75) is 40.0 Å². The molecule has 2 aromatic rings. The molecule has 39 heavy (non-hydrogen) atoms. The number of nitro groups is 1. The van der Waals surface area contributed by atoms with Crippen LogP contribution in [0.3, 0.4) is 0 Å². The Labute approximate surface area is 230 Å². The standard InChI is InChI=1S/C28H40N8O3/c1-6-9-14-29-21-12-10-11-13-22(21)32-27-19-28(31-20-30-27)33-23-17-25(36(37)38)24(18-26(23)39-5)34(4)15-16-35(7-2)8-3/h9,11,13-14,17-20,29H,6-8,10,12,15-16H2,1-5H3,(H2,30,31,32,33)/b14-9-. The lowest BCUT2D eigenvalue weighted by Crippen LogP contribution is -2.33. The Hall–Kier alpha value is -4.12. The van der Waals surface area contributed by atoms with Gasteiger partial charge in [0.05, 0.1) is 23.4 Å². The van der Waals surface area contributed by atoms with Crippen LogP contribution in [0.25, 0.3) is 0 Å². The lowest BCUT2D eigenvalue weighted by atomic mass is 10.1. The highest BCUT2D eigenvalue weighted by Crippen LogP contribution is 2.39. The number of allylic oxidation sites excluding steroid dienone is 4. The first-order chi connectivity index (χ1) is 18.9. The molecule has 0 saturated heterocycles. The average molecular weight is 537 g/mol. The van der Waals surface area contributed by atoms with Gasteiger partial charge in [-0.05, 0) is 44.6 Å². The average Bonchev–Trinajstić information content (AvgIpc) is 2.94. The SMILES string of the molecule is CC/C=C\NC1=C(Nc2cc(Nc3cc([N+](=O)[O-])c(N(C)CCN(CC)CC)cc3OC)ncn2)C=CCC1. The minimum atomic E-state index is -0.371. The molecule has 0 saturated carbocycles. The Kier molecular flexibility index (Phi) is 11.1. The molecule has 210 valence electrons. The molecule has 0 spiro atoms. The summed E-state index contributed by atoms with van der Waals surface area (Å²) in [5.41, 5.74) is 2.93. The number of benzene rings is 1. The molecular weight excluding hydrogens is 496 g/mol. The van der Waals surface area contributed by atoms with Crippen molar-refractivity contribution in [2.75, 3.05) is 55.9 Å². The van der Waals surface area contributed by atoms with E-state index in [9.17, 15) is 10.1 Å². The third kappa shape index (κ3) is 8.18. The van der Waals surface area contributed by atoms with Crippen LogP contribution in [0.2, 0.25) is 0 Å². The fourth-order valence-corrected chi connectivity index (χ4v) is 4.21. The molecule has 1 aliphatic carbocycles. The zero-order valence-electron chi connectivity index (χ0n) is 23.5.